The molecule has 1 fully saturated rings. The molecule has 28 heavy (non-hydrogen) atoms. The first-order valence-corrected chi connectivity index (χ1v) is 9.10. The number of aromatic nitrogens is 5. The number of hydrogen-bond donors (Lipinski definition) is 0. The molecule has 3 aromatic rings. The van der Waals surface area contributed by atoms with Crippen LogP contribution in [0.25, 0.3) is 11.6 Å². The molecular weight excluding hydrogens is 358 g/mol. The highest BCUT2D eigenvalue weighted by molar-refractivity contribution is 5.94. The Morgan fingerprint density at radius 3 is 3.00 bits per heavy atom. The minimum absolute atomic E-state index is 0.0249. The molecule has 9 nitrogen and oxygen atoms in total. The number of carbonyl (C=O) groups excluding carboxylic acids is 1. The number of nitriles is 1. The lowest BCUT2D eigenvalue weighted by atomic mass is 10.1. The van der Waals surface area contributed by atoms with Gasteiger partial charge in [-0.1, -0.05) is 30.3 Å². The van der Waals surface area contributed by atoms with Crippen LogP contribution in [0.15, 0.2) is 35.0 Å². The molecule has 0 bridgehead atoms. The Balaban J connectivity index is 1.46. The third kappa shape index (κ3) is 3.36. The number of nitrogens with zero attached hydrogens (tertiary/aromatic N) is 7. The molecule has 142 valence electrons. The van der Waals surface area contributed by atoms with Gasteiger partial charge in [0, 0.05) is 24.6 Å². The highest BCUT2D eigenvalue weighted by Crippen LogP contribution is 2.25. The van der Waals surface area contributed by atoms with Crippen molar-refractivity contribution in [3.05, 3.63) is 47.4 Å². The van der Waals surface area contributed by atoms with Crippen LogP contribution in [0.2, 0.25) is 0 Å². The van der Waals surface area contributed by atoms with E-state index in [2.05, 4.69) is 26.5 Å². The minimum atomic E-state index is -0.0848. The lowest BCUT2D eigenvalue weighted by Gasteiger charge is -2.16. The second-order valence-electron chi connectivity index (χ2n) is 7.08. The topological polar surface area (TPSA) is 114 Å². The number of benzene rings is 1. The van der Waals surface area contributed by atoms with E-state index in [1.807, 2.05) is 13.8 Å². The van der Waals surface area contributed by atoms with E-state index in [1.165, 1.54) is 0 Å². The van der Waals surface area contributed by atoms with E-state index >= 15 is 0 Å². The first-order chi connectivity index (χ1) is 13.5. The van der Waals surface area contributed by atoms with Crippen molar-refractivity contribution in [3.63, 3.8) is 0 Å². The highest BCUT2D eigenvalue weighted by atomic mass is 16.5. The van der Waals surface area contributed by atoms with E-state index in [-0.39, 0.29) is 17.9 Å². The fourth-order valence-electron chi connectivity index (χ4n) is 3.17. The fraction of sp³-hybridized carbons (Fsp3) is 0.368. The summed E-state index contributed by atoms with van der Waals surface area (Å²) in [5, 5.41) is 21.3. The average molecular weight is 377 g/mol. The number of rotatable bonds is 4. The maximum Gasteiger partial charge on any atom is 0.280 e. The van der Waals surface area contributed by atoms with Crippen molar-refractivity contribution in [2.75, 3.05) is 13.1 Å². The van der Waals surface area contributed by atoms with E-state index in [1.54, 1.807) is 40.0 Å². The zero-order valence-electron chi connectivity index (χ0n) is 15.6. The molecule has 1 saturated heterocycles. The van der Waals surface area contributed by atoms with Crippen molar-refractivity contribution < 1.29 is 9.32 Å². The van der Waals surface area contributed by atoms with Crippen LogP contribution in [0, 0.1) is 11.3 Å². The predicted octanol–water partition coefficient (Wildman–Crippen LogP) is 2.41. The van der Waals surface area contributed by atoms with Crippen LogP contribution in [0.4, 0.5) is 0 Å². The number of likely N-dealkylation sites (tertiary alicyclic amines) is 1. The molecule has 1 aliphatic rings. The lowest BCUT2D eigenvalue weighted by molar-refractivity contribution is 0.0787. The second-order valence-corrected chi connectivity index (χ2v) is 7.08. The maximum atomic E-state index is 12.7. The van der Waals surface area contributed by atoms with Crippen molar-refractivity contribution in [1.29, 1.82) is 5.26 Å². The summed E-state index contributed by atoms with van der Waals surface area (Å²) in [6.45, 7) is 5.12. The van der Waals surface area contributed by atoms with Crippen molar-refractivity contribution in [3.8, 4) is 17.7 Å². The van der Waals surface area contributed by atoms with Gasteiger partial charge in [0.25, 0.3) is 11.8 Å². The summed E-state index contributed by atoms with van der Waals surface area (Å²) in [7, 11) is 0. The van der Waals surface area contributed by atoms with Crippen molar-refractivity contribution in [2.45, 2.75) is 32.2 Å². The molecule has 0 radical (unpaired) electrons. The Hall–Kier alpha value is -3.54. The van der Waals surface area contributed by atoms with Gasteiger partial charge in [-0.15, -0.1) is 5.10 Å². The third-order valence-corrected chi connectivity index (χ3v) is 4.75. The Kier molecular flexibility index (Phi) is 4.61. The summed E-state index contributed by atoms with van der Waals surface area (Å²) in [4.78, 5) is 18.8. The van der Waals surface area contributed by atoms with Crippen LogP contribution in [-0.2, 0) is 0 Å². The predicted molar refractivity (Wildman–Crippen MR) is 98.1 cm³/mol. The standard InChI is InChI=1S/C19H19N7O2/c1-12(2)17-21-18(28-23-17)16-11-26(24-22-16)15-6-7-25(10-15)19(27)14-5-3-4-13(8-14)9-20/h3-5,8,11-12,15H,6-7,10H2,1-2H3/t15-/m1/s1. The number of carbonyl (C=O) groups is 1. The van der Waals surface area contributed by atoms with Gasteiger partial charge in [-0.25, -0.2) is 4.68 Å². The first-order valence-electron chi connectivity index (χ1n) is 9.10. The van der Waals surface area contributed by atoms with Crippen LogP contribution in [-0.4, -0.2) is 49.0 Å². The Bertz CT molecular complexity index is 1050. The first kappa shape index (κ1) is 17.9. The fourth-order valence-corrected chi connectivity index (χ4v) is 3.17. The van der Waals surface area contributed by atoms with Gasteiger partial charge in [-0.3, -0.25) is 4.79 Å². The molecule has 4 rings (SSSR count). The van der Waals surface area contributed by atoms with Gasteiger partial charge in [-0.05, 0) is 24.6 Å². The lowest BCUT2D eigenvalue weighted by Crippen LogP contribution is -2.29. The highest BCUT2D eigenvalue weighted by Gasteiger charge is 2.29. The summed E-state index contributed by atoms with van der Waals surface area (Å²) in [5.74, 6) is 1.05. The zero-order chi connectivity index (χ0) is 19.7. The second kappa shape index (κ2) is 7.23. The zero-order valence-corrected chi connectivity index (χ0v) is 15.6. The van der Waals surface area contributed by atoms with E-state index in [4.69, 9.17) is 9.78 Å². The van der Waals surface area contributed by atoms with E-state index < -0.39 is 0 Å². The van der Waals surface area contributed by atoms with Crippen LogP contribution >= 0.6 is 0 Å². The van der Waals surface area contributed by atoms with Crippen molar-refractivity contribution in [1.82, 2.24) is 30.0 Å². The molecule has 1 amide bonds. The average Bonchev–Trinajstić information content (AvgIpc) is 3.46. The van der Waals surface area contributed by atoms with E-state index in [9.17, 15) is 4.79 Å². The molecule has 0 unspecified atom stereocenters. The van der Waals surface area contributed by atoms with Gasteiger partial charge in [0.05, 0.1) is 23.9 Å². The molecule has 1 atom stereocenters. The maximum absolute atomic E-state index is 12.7. The molecule has 0 saturated carbocycles. The largest absolute Gasteiger partial charge is 0.336 e. The Morgan fingerprint density at radius 1 is 1.39 bits per heavy atom. The number of hydrogen-bond acceptors (Lipinski definition) is 7. The third-order valence-electron chi connectivity index (χ3n) is 4.75. The Labute approximate surface area is 161 Å². The summed E-state index contributed by atoms with van der Waals surface area (Å²) in [6, 6.07) is 8.83. The summed E-state index contributed by atoms with van der Waals surface area (Å²) in [5.41, 5.74) is 1.51. The molecule has 0 spiro atoms. The van der Waals surface area contributed by atoms with Crippen LogP contribution in [0.1, 0.15) is 54.0 Å². The number of amides is 1. The molecule has 0 N–H and O–H groups in total. The van der Waals surface area contributed by atoms with Gasteiger partial charge < -0.3 is 9.42 Å². The van der Waals surface area contributed by atoms with Crippen LogP contribution < -0.4 is 0 Å². The molecule has 2 aromatic heterocycles. The summed E-state index contributed by atoms with van der Waals surface area (Å²) < 4.78 is 7.00. The molecule has 9 heteroatoms. The SMILES string of the molecule is CC(C)c1noc(-c2cn([C@@H]3CCN(C(=O)c4cccc(C#N)c4)C3)nn2)n1. The van der Waals surface area contributed by atoms with Gasteiger partial charge in [0.1, 0.15) is 0 Å². The van der Waals surface area contributed by atoms with E-state index in [0.717, 1.165) is 6.42 Å². The molecule has 0 aliphatic carbocycles. The monoisotopic (exact) mass is 377 g/mol. The summed E-state index contributed by atoms with van der Waals surface area (Å²) >= 11 is 0. The normalized spacial score (nSPS) is 16.5. The summed E-state index contributed by atoms with van der Waals surface area (Å²) in [6.07, 6.45) is 2.54. The smallest absolute Gasteiger partial charge is 0.280 e. The van der Waals surface area contributed by atoms with Gasteiger partial charge in [0.2, 0.25) is 0 Å². The van der Waals surface area contributed by atoms with Gasteiger partial charge >= 0.3 is 0 Å². The molecule has 3 heterocycles. The minimum Gasteiger partial charge on any atom is -0.336 e. The van der Waals surface area contributed by atoms with E-state index in [0.29, 0.717) is 41.6 Å². The van der Waals surface area contributed by atoms with Crippen molar-refractivity contribution in [2.24, 2.45) is 0 Å². The van der Waals surface area contributed by atoms with Gasteiger partial charge in [-0.2, -0.15) is 10.2 Å². The molecule has 1 aliphatic heterocycles. The van der Waals surface area contributed by atoms with Crippen LogP contribution in [0.5, 0.6) is 0 Å². The Morgan fingerprint density at radius 2 is 2.25 bits per heavy atom. The quantitative estimate of drug-likeness (QED) is 0.686. The van der Waals surface area contributed by atoms with Crippen molar-refractivity contribution >= 4 is 5.91 Å². The van der Waals surface area contributed by atoms with Gasteiger partial charge in [0.15, 0.2) is 11.5 Å². The molecule has 1 aromatic carbocycles. The molecular formula is C19H19N7O2. The van der Waals surface area contributed by atoms with Crippen LogP contribution in [0.3, 0.4) is 0 Å².